The van der Waals surface area contributed by atoms with E-state index in [9.17, 15) is 14.4 Å². The Morgan fingerprint density at radius 1 is 1.00 bits per heavy atom. The molecular formula is C25H25N5O3. The number of carbonyl (C=O) groups is 2. The number of hydrogen-bond acceptors (Lipinski definition) is 5. The number of amides is 2. The SMILES string of the molecule is Cc1ccc(C(=O)N2CCCC2c2nc3c(c(=O)[nH]2)CCN(C(=O)c2ccncc2)C3)cc1. The normalized spacial score (nSPS) is 17.7. The lowest BCUT2D eigenvalue weighted by molar-refractivity contribution is 0.0728. The molecule has 2 aliphatic heterocycles. The van der Waals surface area contributed by atoms with E-state index in [2.05, 4.69) is 9.97 Å². The number of benzene rings is 1. The molecule has 1 aromatic carbocycles. The van der Waals surface area contributed by atoms with Crippen LogP contribution >= 0.6 is 0 Å². The molecule has 0 spiro atoms. The summed E-state index contributed by atoms with van der Waals surface area (Å²) in [6, 6.07) is 10.6. The quantitative estimate of drug-likeness (QED) is 0.671. The summed E-state index contributed by atoms with van der Waals surface area (Å²) in [5.74, 6) is 0.325. The highest BCUT2D eigenvalue weighted by Gasteiger charge is 2.34. The van der Waals surface area contributed by atoms with E-state index < -0.39 is 0 Å². The standard InChI is InChI=1S/C25H25N5O3/c1-16-4-6-17(7-5-16)25(33)30-13-2-3-21(30)22-27-20-15-29(14-10-19(20)23(31)28-22)24(32)18-8-11-26-12-9-18/h4-9,11-12,21H,2-3,10,13-15H2,1H3,(H,27,28,31). The second-order valence-corrected chi connectivity index (χ2v) is 8.61. The number of carbonyl (C=O) groups excluding carboxylic acids is 2. The van der Waals surface area contributed by atoms with Gasteiger partial charge in [-0.3, -0.25) is 19.4 Å². The molecule has 2 aliphatic rings. The molecule has 8 nitrogen and oxygen atoms in total. The molecule has 0 aliphatic carbocycles. The summed E-state index contributed by atoms with van der Waals surface area (Å²) in [5.41, 5.74) is 3.33. The summed E-state index contributed by atoms with van der Waals surface area (Å²) in [7, 11) is 0. The number of aromatic nitrogens is 3. The second kappa shape index (κ2) is 8.61. The monoisotopic (exact) mass is 443 g/mol. The van der Waals surface area contributed by atoms with Gasteiger partial charge in [-0.15, -0.1) is 0 Å². The highest BCUT2D eigenvalue weighted by Crippen LogP contribution is 2.31. The maximum Gasteiger partial charge on any atom is 0.254 e. The minimum atomic E-state index is -0.289. The van der Waals surface area contributed by atoms with Gasteiger partial charge in [0.25, 0.3) is 17.4 Å². The van der Waals surface area contributed by atoms with Crippen molar-refractivity contribution in [2.45, 2.75) is 38.8 Å². The maximum absolute atomic E-state index is 13.2. The van der Waals surface area contributed by atoms with E-state index in [-0.39, 0.29) is 30.0 Å². The first kappa shape index (κ1) is 21.1. The molecule has 5 rings (SSSR count). The Labute approximate surface area is 191 Å². The summed E-state index contributed by atoms with van der Waals surface area (Å²) in [6.07, 6.45) is 5.21. The summed E-state index contributed by atoms with van der Waals surface area (Å²) in [4.78, 5) is 54.1. The fraction of sp³-hybridized carbons (Fsp3) is 0.320. The van der Waals surface area contributed by atoms with Crippen molar-refractivity contribution in [2.75, 3.05) is 13.1 Å². The van der Waals surface area contributed by atoms with Gasteiger partial charge < -0.3 is 14.8 Å². The third-order valence-corrected chi connectivity index (χ3v) is 6.43. The van der Waals surface area contributed by atoms with Gasteiger partial charge in [-0.2, -0.15) is 0 Å². The van der Waals surface area contributed by atoms with Crippen LogP contribution in [0.4, 0.5) is 0 Å². The Morgan fingerprint density at radius 3 is 2.48 bits per heavy atom. The van der Waals surface area contributed by atoms with Crippen LogP contribution in [0.15, 0.2) is 53.6 Å². The molecule has 1 atom stereocenters. The van der Waals surface area contributed by atoms with Crippen molar-refractivity contribution in [1.29, 1.82) is 0 Å². The molecule has 0 radical (unpaired) electrons. The topological polar surface area (TPSA) is 99.3 Å². The first-order chi connectivity index (χ1) is 16.0. The molecule has 0 bridgehead atoms. The van der Waals surface area contributed by atoms with Crippen LogP contribution in [0.25, 0.3) is 0 Å². The van der Waals surface area contributed by atoms with Crippen molar-refractivity contribution in [1.82, 2.24) is 24.8 Å². The molecule has 33 heavy (non-hydrogen) atoms. The Kier molecular flexibility index (Phi) is 5.50. The molecule has 0 saturated carbocycles. The number of H-pyrrole nitrogens is 1. The second-order valence-electron chi connectivity index (χ2n) is 8.61. The molecule has 4 heterocycles. The van der Waals surface area contributed by atoms with Crippen molar-refractivity contribution in [3.8, 4) is 0 Å². The lowest BCUT2D eigenvalue weighted by Gasteiger charge is -2.29. The van der Waals surface area contributed by atoms with Gasteiger partial charge in [-0.05, 0) is 50.5 Å². The number of fused-ring (bicyclic) bond motifs is 1. The van der Waals surface area contributed by atoms with Crippen molar-refractivity contribution in [3.63, 3.8) is 0 Å². The molecule has 8 heteroatoms. The van der Waals surface area contributed by atoms with E-state index in [0.29, 0.717) is 47.7 Å². The maximum atomic E-state index is 13.2. The third-order valence-electron chi connectivity index (χ3n) is 6.43. The minimum absolute atomic E-state index is 0.0626. The van der Waals surface area contributed by atoms with Gasteiger partial charge in [-0.1, -0.05) is 17.7 Å². The van der Waals surface area contributed by atoms with Crippen LogP contribution in [0.1, 0.15) is 62.2 Å². The van der Waals surface area contributed by atoms with E-state index in [1.54, 1.807) is 34.3 Å². The van der Waals surface area contributed by atoms with E-state index >= 15 is 0 Å². The van der Waals surface area contributed by atoms with Crippen molar-refractivity contribution in [2.24, 2.45) is 0 Å². The van der Waals surface area contributed by atoms with Gasteiger partial charge in [0.05, 0.1) is 18.3 Å². The molecule has 1 N–H and O–H groups in total. The van der Waals surface area contributed by atoms with Gasteiger partial charge in [0.1, 0.15) is 5.82 Å². The highest BCUT2D eigenvalue weighted by atomic mass is 16.2. The number of aryl methyl sites for hydroxylation is 1. The zero-order valence-electron chi connectivity index (χ0n) is 18.5. The number of nitrogens with one attached hydrogen (secondary N) is 1. The van der Waals surface area contributed by atoms with Crippen molar-refractivity contribution >= 4 is 11.8 Å². The zero-order valence-corrected chi connectivity index (χ0v) is 18.5. The Balaban J connectivity index is 1.41. The van der Waals surface area contributed by atoms with Gasteiger partial charge in [-0.25, -0.2) is 4.98 Å². The smallest absolute Gasteiger partial charge is 0.254 e. The summed E-state index contributed by atoms with van der Waals surface area (Å²) < 4.78 is 0. The predicted octanol–water partition coefficient (Wildman–Crippen LogP) is 2.65. The molecule has 2 amide bonds. The van der Waals surface area contributed by atoms with Crippen LogP contribution in [0, 0.1) is 6.92 Å². The van der Waals surface area contributed by atoms with Crippen LogP contribution in [0.3, 0.4) is 0 Å². The zero-order chi connectivity index (χ0) is 22.9. The van der Waals surface area contributed by atoms with Crippen molar-refractivity contribution < 1.29 is 9.59 Å². The molecule has 168 valence electrons. The molecule has 3 aromatic rings. The van der Waals surface area contributed by atoms with Crippen LogP contribution < -0.4 is 5.56 Å². The lowest BCUT2D eigenvalue weighted by Crippen LogP contribution is -2.40. The number of likely N-dealkylation sites (tertiary alicyclic amines) is 1. The average molecular weight is 444 g/mol. The summed E-state index contributed by atoms with van der Waals surface area (Å²) in [5, 5.41) is 0. The van der Waals surface area contributed by atoms with E-state index in [1.807, 2.05) is 31.2 Å². The minimum Gasteiger partial charge on any atom is -0.332 e. The first-order valence-electron chi connectivity index (χ1n) is 11.2. The molecule has 2 aromatic heterocycles. The van der Waals surface area contributed by atoms with Crippen LogP contribution in [-0.4, -0.2) is 49.7 Å². The van der Waals surface area contributed by atoms with Gasteiger partial charge in [0, 0.05) is 42.2 Å². The van der Waals surface area contributed by atoms with Crippen LogP contribution in [0.2, 0.25) is 0 Å². The van der Waals surface area contributed by atoms with Gasteiger partial charge in [0.15, 0.2) is 0 Å². The summed E-state index contributed by atoms with van der Waals surface area (Å²) in [6.45, 7) is 3.33. The van der Waals surface area contributed by atoms with E-state index in [1.165, 1.54) is 0 Å². The Morgan fingerprint density at radius 2 is 1.73 bits per heavy atom. The van der Waals surface area contributed by atoms with Crippen LogP contribution in [0.5, 0.6) is 0 Å². The van der Waals surface area contributed by atoms with Gasteiger partial charge >= 0.3 is 0 Å². The molecule has 1 fully saturated rings. The fourth-order valence-electron chi connectivity index (χ4n) is 4.62. The average Bonchev–Trinajstić information content (AvgIpc) is 3.34. The first-order valence-corrected chi connectivity index (χ1v) is 11.2. The lowest BCUT2D eigenvalue weighted by atomic mass is 10.0. The highest BCUT2D eigenvalue weighted by molar-refractivity contribution is 5.95. The van der Waals surface area contributed by atoms with E-state index in [0.717, 1.165) is 18.4 Å². The number of nitrogens with zero attached hydrogens (tertiary/aromatic N) is 4. The van der Waals surface area contributed by atoms with Crippen molar-refractivity contribution in [3.05, 3.63) is 92.9 Å². The Hall–Kier alpha value is -3.81. The largest absolute Gasteiger partial charge is 0.332 e. The van der Waals surface area contributed by atoms with Crippen LogP contribution in [-0.2, 0) is 13.0 Å². The molecular weight excluding hydrogens is 418 g/mol. The van der Waals surface area contributed by atoms with Gasteiger partial charge in [0.2, 0.25) is 0 Å². The predicted molar refractivity (Wildman–Crippen MR) is 122 cm³/mol. The third kappa shape index (κ3) is 4.04. The molecule has 1 unspecified atom stereocenters. The Bertz CT molecular complexity index is 1250. The number of aromatic amines is 1. The summed E-state index contributed by atoms with van der Waals surface area (Å²) >= 11 is 0. The number of pyridine rings is 1. The number of rotatable bonds is 3. The molecule has 1 saturated heterocycles. The number of hydrogen-bond donors (Lipinski definition) is 1. The fourth-order valence-corrected chi connectivity index (χ4v) is 4.62. The van der Waals surface area contributed by atoms with E-state index in [4.69, 9.17) is 4.98 Å².